The van der Waals surface area contributed by atoms with Crippen LogP contribution < -0.4 is 5.73 Å². The van der Waals surface area contributed by atoms with E-state index >= 15 is 0 Å². The lowest BCUT2D eigenvalue weighted by molar-refractivity contribution is 1.13. The Kier molecular flexibility index (Phi) is 2.25. The van der Waals surface area contributed by atoms with Crippen LogP contribution in [-0.2, 0) is 0 Å². The summed E-state index contributed by atoms with van der Waals surface area (Å²) in [5.41, 5.74) is 9.51. The number of fused-ring (bicyclic) bond motifs is 2. The molecule has 0 atom stereocenters. The minimum absolute atomic E-state index is 0.484. The molecule has 0 saturated heterocycles. The molecular weight excluding hydrogens is 274 g/mol. The molecule has 1 aromatic carbocycles. The number of aromatic nitrogens is 4. The second-order valence-corrected chi connectivity index (χ2v) is 5.00. The number of anilines is 1. The summed E-state index contributed by atoms with van der Waals surface area (Å²) >= 11 is 6.33. The zero-order chi connectivity index (χ0) is 13.7. The van der Waals surface area contributed by atoms with Gasteiger partial charge in [-0.1, -0.05) is 17.7 Å². The van der Waals surface area contributed by atoms with Crippen molar-refractivity contribution in [2.24, 2.45) is 0 Å². The number of hydrogen-bond acceptors (Lipinski definition) is 3. The Balaban J connectivity index is 2.07. The van der Waals surface area contributed by atoms with E-state index in [1.165, 1.54) is 0 Å². The van der Waals surface area contributed by atoms with Gasteiger partial charge in [-0.25, -0.2) is 4.98 Å². The summed E-state index contributed by atoms with van der Waals surface area (Å²) in [4.78, 5) is 7.35. The van der Waals surface area contributed by atoms with E-state index in [2.05, 4.69) is 20.2 Å². The highest BCUT2D eigenvalue weighted by Crippen LogP contribution is 2.35. The van der Waals surface area contributed by atoms with E-state index in [1.807, 2.05) is 30.5 Å². The van der Waals surface area contributed by atoms with Crippen LogP contribution in [0.15, 0.2) is 36.7 Å². The van der Waals surface area contributed by atoms with E-state index in [4.69, 9.17) is 17.3 Å². The number of benzene rings is 1. The molecule has 0 unspecified atom stereocenters. The summed E-state index contributed by atoms with van der Waals surface area (Å²) in [6.45, 7) is 0. The van der Waals surface area contributed by atoms with Gasteiger partial charge in [0, 0.05) is 28.7 Å². The zero-order valence-corrected chi connectivity index (χ0v) is 11.1. The fourth-order valence-electron chi connectivity index (χ4n) is 2.47. The predicted molar refractivity (Wildman–Crippen MR) is 80.6 cm³/mol. The van der Waals surface area contributed by atoms with Crippen LogP contribution in [0.1, 0.15) is 0 Å². The maximum absolute atomic E-state index is 6.33. The largest absolute Gasteiger partial charge is 0.382 e. The molecule has 3 aromatic heterocycles. The minimum atomic E-state index is 0.484. The van der Waals surface area contributed by atoms with Gasteiger partial charge in [0.1, 0.15) is 5.65 Å². The quantitative estimate of drug-likeness (QED) is 0.501. The lowest BCUT2D eigenvalue weighted by atomic mass is 10.0. The van der Waals surface area contributed by atoms with Crippen molar-refractivity contribution in [2.75, 3.05) is 5.73 Å². The van der Waals surface area contributed by atoms with Crippen molar-refractivity contribution in [3.63, 3.8) is 0 Å². The van der Waals surface area contributed by atoms with Crippen LogP contribution in [0.25, 0.3) is 33.1 Å². The molecule has 0 aliphatic rings. The van der Waals surface area contributed by atoms with Crippen molar-refractivity contribution in [2.45, 2.75) is 0 Å². The molecule has 0 fully saturated rings. The number of halogens is 1. The third-order valence-electron chi connectivity index (χ3n) is 3.42. The molecule has 0 spiro atoms. The van der Waals surface area contributed by atoms with Crippen LogP contribution in [-0.4, -0.2) is 20.2 Å². The van der Waals surface area contributed by atoms with Gasteiger partial charge in [-0.15, -0.1) is 0 Å². The van der Waals surface area contributed by atoms with Gasteiger partial charge >= 0.3 is 0 Å². The van der Waals surface area contributed by atoms with Gasteiger partial charge in [0.2, 0.25) is 0 Å². The number of nitrogens with zero attached hydrogens (tertiary/aromatic N) is 2. The van der Waals surface area contributed by atoms with E-state index in [-0.39, 0.29) is 0 Å². The van der Waals surface area contributed by atoms with Crippen molar-refractivity contribution in [1.29, 1.82) is 0 Å². The third-order valence-corrected chi connectivity index (χ3v) is 3.71. The predicted octanol–water partition coefficient (Wildman–Crippen LogP) is 3.34. The highest BCUT2D eigenvalue weighted by atomic mass is 35.5. The number of nitrogen functional groups attached to an aromatic ring is 1. The third kappa shape index (κ3) is 1.50. The average molecular weight is 284 g/mol. The molecule has 4 aromatic rings. The Morgan fingerprint density at radius 3 is 2.95 bits per heavy atom. The minimum Gasteiger partial charge on any atom is -0.382 e. The first-order valence-electron chi connectivity index (χ1n) is 6.09. The van der Waals surface area contributed by atoms with Crippen molar-refractivity contribution in [3.05, 3.63) is 41.7 Å². The molecule has 4 rings (SSSR count). The second-order valence-electron chi connectivity index (χ2n) is 4.59. The normalized spacial score (nSPS) is 11.4. The SMILES string of the molecule is Nc1n[nH]c2ccc(-c3c(Cl)cnc4[nH]ccc34)cc12. The summed E-state index contributed by atoms with van der Waals surface area (Å²) < 4.78 is 0. The first kappa shape index (κ1) is 11.3. The smallest absolute Gasteiger partial charge is 0.153 e. The van der Waals surface area contributed by atoms with E-state index < -0.39 is 0 Å². The summed E-state index contributed by atoms with van der Waals surface area (Å²) in [6.07, 6.45) is 3.50. The lowest BCUT2D eigenvalue weighted by Crippen LogP contribution is -1.86. The van der Waals surface area contributed by atoms with E-state index in [0.717, 1.165) is 33.1 Å². The van der Waals surface area contributed by atoms with Crippen LogP contribution in [0.4, 0.5) is 5.82 Å². The van der Waals surface area contributed by atoms with Crippen LogP contribution in [0, 0.1) is 0 Å². The zero-order valence-electron chi connectivity index (χ0n) is 10.3. The number of rotatable bonds is 1. The number of H-pyrrole nitrogens is 2. The molecule has 3 heterocycles. The first-order valence-corrected chi connectivity index (χ1v) is 6.47. The summed E-state index contributed by atoms with van der Waals surface area (Å²) in [5, 5.41) is 9.38. The van der Waals surface area contributed by atoms with Crippen molar-refractivity contribution in [3.8, 4) is 11.1 Å². The standard InChI is InChI=1S/C14H10ClN5/c15-10-6-18-14-8(3-4-17-14)12(10)7-1-2-11-9(5-7)13(16)20-19-11/h1-6H,(H,17,18)(H3,16,19,20). The lowest BCUT2D eigenvalue weighted by Gasteiger charge is -2.06. The van der Waals surface area contributed by atoms with Crippen LogP contribution in [0.2, 0.25) is 5.02 Å². The van der Waals surface area contributed by atoms with E-state index in [9.17, 15) is 0 Å². The number of pyridine rings is 1. The molecule has 98 valence electrons. The van der Waals surface area contributed by atoms with Gasteiger partial charge in [0.15, 0.2) is 5.82 Å². The number of aromatic amines is 2. The van der Waals surface area contributed by atoms with Gasteiger partial charge in [-0.2, -0.15) is 5.10 Å². The molecule has 0 aliphatic carbocycles. The Hall–Kier alpha value is -2.53. The topological polar surface area (TPSA) is 83.4 Å². The molecule has 20 heavy (non-hydrogen) atoms. The van der Waals surface area contributed by atoms with Gasteiger partial charge in [0.05, 0.1) is 10.5 Å². The number of nitrogens with two attached hydrogens (primary N) is 1. The molecule has 5 nitrogen and oxygen atoms in total. The molecular formula is C14H10ClN5. The number of nitrogens with one attached hydrogen (secondary N) is 2. The van der Waals surface area contributed by atoms with Crippen LogP contribution in [0.5, 0.6) is 0 Å². The summed E-state index contributed by atoms with van der Waals surface area (Å²) in [7, 11) is 0. The molecule has 0 bridgehead atoms. The molecule has 4 N–H and O–H groups in total. The maximum Gasteiger partial charge on any atom is 0.153 e. The fourth-order valence-corrected chi connectivity index (χ4v) is 2.73. The molecule has 6 heteroatoms. The highest BCUT2D eigenvalue weighted by molar-refractivity contribution is 6.34. The molecule has 0 aliphatic heterocycles. The van der Waals surface area contributed by atoms with Crippen molar-refractivity contribution >= 4 is 39.4 Å². The van der Waals surface area contributed by atoms with Gasteiger partial charge in [0.25, 0.3) is 0 Å². The first-order chi connectivity index (χ1) is 9.74. The second kappa shape index (κ2) is 3.98. The van der Waals surface area contributed by atoms with Crippen LogP contribution >= 0.6 is 11.6 Å². The van der Waals surface area contributed by atoms with Gasteiger partial charge < -0.3 is 10.7 Å². The van der Waals surface area contributed by atoms with Crippen molar-refractivity contribution in [1.82, 2.24) is 20.2 Å². The monoisotopic (exact) mass is 283 g/mol. The molecule has 0 amide bonds. The maximum atomic E-state index is 6.33. The van der Waals surface area contributed by atoms with E-state index in [1.54, 1.807) is 6.20 Å². The molecule has 0 saturated carbocycles. The Labute approximate surface area is 118 Å². The number of hydrogen-bond donors (Lipinski definition) is 3. The Bertz CT molecular complexity index is 937. The van der Waals surface area contributed by atoms with Crippen LogP contribution in [0.3, 0.4) is 0 Å². The average Bonchev–Trinajstić information content (AvgIpc) is 3.06. The summed E-state index contributed by atoms with van der Waals surface area (Å²) in [5.74, 6) is 0.484. The fraction of sp³-hybridized carbons (Fsp3) is 0. The Morgan fingerprint density at radius 2 is 2.05 bits per heavy atom. The highest BCUT2D eigenvalue weighted by Gasteiger charge is 2.12. The Morgan fingerprint density at radius 1 is 1.15 bits per heavy atom. The molecule has 0 radical (unpaired) electrons. The summed E-state index contributed by atoms with van der Waals surface area (Å²) in [6, 6.07) is 7.89. The van der Waals surface area contributed by atoms with Crippen molar-refractivity contribution < 1.29 is 0 Å². The van der Waals surface area contributed by atoms with E-state index in [0.29, 0.717) is 10.8 Å². The van der Waals surface area contributed by atoms with Gasteiger partial charge in [-0.3, -0.25) is 5.10 Å². The van der Waals surface area contributed by atoms with Gasteiger partial charge in [-0.05, 0) is 23.8 Å².